The lowest BCUT2D eigenvalue weighted by molar-refractivity contribution is 0.983. The smallest absolute Gasteiger partial charge is 0.113 e. The molecule has 1 rings (SSSR count). The molecule has 62 valence electrons. The zero-order chi connectivity index (χ0) is 8.81. The molecule has 0 saturated heterocycles. The third-order valence-corrected chi connectivity index (χ3v) is 1.79. The number of hydrogen-bond donors (Lipinski definition) is 0. The minimum atomic E-state index is 0.839. The minimum absolute atomic E-state index is 0.839. The lowest BCUT2D eigenvalue weighted by Crippen LogP contribution is -1.79. The quantitative estimate of drug-likeness (QED) is 0.668. The van der Waals surface area contributed by atoms with Gasteiger partial charge in [0.15, 0.2) is 0 Å². The van der Waals surface area contributed by atoms with E-state index in [0.29, 0.717) is 0 Å². The van der Waals surface area contributed by atoms with Crippen LogP contribution in [0.2, 0.25) is 0 Å². The van der Waals surface area contributed by atoms with E-state index in [-0.39, 0.29) is 0 Å². The lowest BCUT2D eigenvalue weighted by Gasteiger charge is -1.88. The normalized spacial score (nSPS) is 8.83. The van der Waals surface area contributed by atoms with Crippen LogP contribution < -0.4 is 0 Å². The molecular weight excluding hydrogens is 214 g/mol. The van der Waals surface area contributed by atoms with Crippen LogP contribution >= 0.6 is 15.9 Å². The molecule has 0 bridgehead atoms. The van der Waals surface area contributed by atoms with Gasteiger partial charge in [-0.15, -0.1) is 0 Å². The molecule has 0 aliphatic carbocycles. The first-order valence-electron chi connectivity index (χ1n) is 3.93. The predicted octanol–water partition coefficient (Wildman–Crippen LogP) is 3.00. The minimum Gasteiger partial charge on any atom is -0.247 e. The molecule has 12 heavy (non-hydrogen) atoms. The van der Waals surface area contributed by atoms with Crippen molar-refractivity contribution in [3.05, 3.63) is 28.5 Å². The molecule has 0 unspecified atom stereocenters. The van der Waals surface area contributed by atoms with Crippen LogP contribution in [0, 0.1) is 11.8 Å². The van der Waals surface area contributed by atoms with Crippen molar-refractivity contribution in [1.82, 2.24) is 4.98 Å². The fourth-order valence-electron chi connectivity index (χ4n) is 0.728. The SMILES string of the molecule is CCCC#Cc1ccc(Br)cn1. The Morgan fingerprint density at radius 3 is 2.92 bits per heavy atom. The molecule has 0 N–H and O–H groups in total. The Bertz CT molecular complexity index is 292. The molecule has 2 heteroatoms. The van der Waals surface area contributed by atoms with Crippen LogP contribution in [-0.2, 0) is 0 Å². The summed E-state index contributed by atoms with van der Waals surface area (Å²) in [6.45, 7) is 2.11. The van der Waals surface area contributed by atoms with E-state index in [0.717, 1.165) is 23.0 Å². The van der Waals surface area contributed by atoms with Gasteiger partial charge in [-0.2, -0.15) is 0 Å². The first kappa shape index (κ1) is 9.28. The lowest BCUT2D eigenvalue weighted by atomic mass is 10.3. The zero-order valence-corrected chi connectivity index (χ0v) is 8.56. The van der Waals surface area contributed by atoms with E-state index in [9.17, 15) is 0 Å². The van der Waals surface area contributed by atoms with Crippen LogP contribution in [0.3, 0.4) is 0 Å². The summed E-state index contributed by atoms with van der Waals surface area (Å²) >= 11 is 3.32. The Labute approximate surface area is 81.3 Å². The largest absolute Gasteiger partial charge is 0.247 e. The van der Waals surface area contributed by atoms with Crippen LogP contribution in [0.15, 0.2) is 22.8 Å². The summed E-state index contributed by atoms with van der Waals surface area (Å²) in [5.41, 5.74) is 0.839. The second kappa shape index (κ2) is 4.95. The average Bonchev–Trinajstić information content (AvgIpc) is 2.09. The first-order chi connectivity index (χ1) is 5.83. The summed E-state index contributed by atoms with van der Waals surface area (Å²) in [5, 5.41) is 0. The van der Waals surface area contributed by atoms with Gasteiger partial charge in [0.05, 0.1) is 0 Å². The first-order valence-corrected chi connectivity index (χ1v) is 4.72. The fraction of sp³-hybridized carbons (Fsp3) is 0.300. The second-order valence-electron chi connectivity index (χ2n) is 2.41. The van der Waals surface area contributed by atoms with Crippen molar-refractivity contribution in [2.45, 2.75) is 19.8 Å². The monoisotopic (exact) mass is 223 g/mol. The molecule has 0 aliphatic rings. The van der Waals surface area contributed by atoms with Gasteiger partial charge in [0.1, 0.15) is 5.69 Å². The fourth-order valence-corrected chi connectivity index (χ4v) is 0.962. The molecule has 1 aromatic rings. The van der Waals surface area contributed by atoms with Gasteiger partial charge in [-0.3, -0.25) is 0 Å². The van der Waals surface area contributed by atoms with Gasteiger partial charge in [0.25, 0.3) is 0 Å². The Morgan fingerprint density at radius 2 is 2.33 bits per heavy atom. The summed E-state index contributed by atoms with van der Waals surface area (Å²) < 4.78 is 0.989. The summed E-state index contributed by atoms with van der Waals surface area (Å²) in [4.78, 5) is 4.13. The van der Waals surface area contributed by atoms with Crippen molar-refractivity contribution >= 4 is 15.9 Å². The molecule has 1 heterocycles. The van der Waals surface area contributed by atoms with E-state index in [4.69, 9.17) is 0 Å². The zero-order valence-electron chi connectivity index (χ0n) is 6.97. The van der Waals surface area contributed by atoms with Crippen molar-refractivity contribution in [3.8, 4) is 11.8 Å². The molecule has 0 radical (unpaired) electrons. The van der Waals surface area contributed by atoms with E-state index in [2.05, 4.69) is 39.7 Å². The molecule has 0 fully saturated rings. The molecule has 0 aromatic carbocycles. The number of pyridine rings is 1. The summed E-state index contributed by atoms with van der Waals surface area (Å²) in [7, 11) is 0. The third-order valence-electron chi connectivity index (χ3n) is 1.32. The molecule has 0 aliphatic heterocycles. The van der Waals surface area contributed by atoms with Crippen LogP contribution in [0.25, 0.3) is 0 Å². The number of hydrogen-bond acceptors (Lipinski definition) is 1. The molecular formula is C10H10BrN. The van der Waals surface area contributed by atoms with E-state index >= 15 is 0 Å². The van der Waals surface area contributed by atoms with Gasteiger partial charge in [0, 0.05) is 17.1 Å². The number of unbranched alkanes of at least 4 members (excludes halogenated alkanes) is 1. The van der Waals surface area contributed by atoms with Crippen molar-refractivity contribution < 1.29 is 0 Å². The third kappa shape index (κ3) is 3.06. The van der Waals surface area contributed by atoms with Crippen LogP contribution in [0.5, 0.6) is 0 Å². The highest BCUT2D eigenvalue weighted by Crippen LogP contribution is 2.06. The summed E-state index contributed by atoms with van der Waals surface area (Å²) in [6.07, 6.45) is 3.80. The number of nitrogens with zero attached hydrogens (tertiary/aromatic N) is 1. The highest BCUT2D eigenvalue weighted by molar-refractivity contribution is 9.10. The summed E-state index contributed by atoms with van der Waals surface area (Å²) in [6, 6.07) is 3.86. The maximum Gasteiger partial charge on any atom is 0.113 e. The van der Waals surface area contributed by atoms with Crippen LogP contribution in [0.4, 0.5) is 0 Å². The molecule has 0 amide bonds. The molecule has 0 atom stereocenters. The van der Waals surface area contributed by atoms with E-state index < -0.39 is 0 Å². The average molecular weight is 224 g/mol. The molecule has 0 spiro atoms. The summed E-state index contributed by atoms with van der Waals surface area (Å²) in [5.74, 6) is 6.03. The molecule has 1 nitrogen and oxygen atoms in total. The Kier molecular flexibility index (Phi) is 3.83. The van der Waals surface area contributed by atoms with Gasteiger partial charge in [-0.25, -0.2) is 4.98 Å². The highest BCUT2D eigenvalue weighted by Gasteiger charge is 1.87. The Hall–Kier alpha value is -0.810. The van der Waals surface area contributed by atoms with Gasteiger partial charge in [-0.05, 0) is 40.4 Å². The number of halogens is 1. The van der Waals surface area contributed by atoms with Crippen molar-refractivity contribution in [2.24, 2.45) is 0 Å². The molecule has 1 aromatic heterocycles. The number of rotatable bonds is 1. The van der Waals surface area contributed by atoms with Crippen LogP contribution in [0.1, 0.15) is 25.5 Å². The topological polar surface area (TPSA) is 12.9 Å². The van der Waals surface area contributed by atoms with Crippen molar-refractivity contribution in [3.63, 3.8) is 0 Å². The standard InChI is InChI=1S/C10H10BrN/c1-2-3-4-5-10-7-6-9(11)8-12-10/h6-8H,2-3H2,1H3. The van der Waals surface area contributed by atoms with Gasteiger partial charge < -0.3 is 0 Å². The maximum atomic E-state index is 4.13. The maximum absolute atomic E-state index is 4.13. The number of aromatic nitrogens is 1. The van der Waals surface area contributed by atoms with Gasteiger partial charge in [-0.1, -0.05) is 12.8 Å². The Morgan fingerprint density at radius 1 is 1.50 bits per heavy atom. The second-order valence-corrected chi connectivity index (χ2v) is 3.33. The Balaban J connectivity index is 2.66. The van der Waals surface area contributed by atoms with E-state index in [1.807, 2.05) is 12.1 Å². The highest BCUT2D eigenvalue weighted by atomic mass is 79.9. The van der Waals surface area contributed by atoms with Gasteiger partial charge >= 0.3 is 0 Å². The molecule has 0 saturated carbocycles. The van der Waals surface area contributed by atoms with Crippen LogP contribution in [-0.4, -0.2) is 4.98 Å². The predicted molar refractivity (Wildman–Crippen MR) is 53.7 cm³/mol. The van der Waals surface area contributed by atoms with Gasteiger partial charge in [0.2, 0.25) is 0 Å². The van der Waals surface area contributed by atoms with Crippen molar-refractivity contribution in [2.75, 3.05) is 0 Å². The van der Waals surface area contributed by atoms with E-state index in [1.54, 1.807) is 6.20 Å². The van der Waals surface area contributed by atoms with Crippen molar-refractivity contribution in [1.29, 1.82) is 0 Å². The van der Waals surface area contributed by atoms with E-state index in [1.165, 1.54) is 0 Å².